The van der Waals surface area contributed by atoms with Crippen LogP contribution in [0.5, 0.6) is 0 Å². The first-order valence-electron chi connectivity index (χ1n) is 6.72. The molecule has 3 nitrogen and oxygen atoms in total. The SMILES string of the molecule is Cc1cc(C(=O)N2CCC3CNCC3C2)sc1C.Cl. The van der Waals surface area contributed by atoms with Gasteiger partial charge in [0, 0.05) is 18.0 Å². The summed E-state index contributed by atoms with van der Waals surface area (Å²) in [5.41, 5.74) is 1.24. The van der Waals surface area contributed by atoms with Gasteiger partial charge in [0.15, 0.2) is 0 Å². The molecule has 1 N–H and O–H groups in total. The Morgan fingerprint density at radius 2 is 2.11 bits per heavy atom. The lowest BCUT2D eigenvalue weighted by atomic mass is 9.88. The van der Waals surface area contributed by atoms with Crippen LogP contribution in [0.3, 0.4) is 0 Å². The zero-order valence-electron chi connectivity index (χ0n) is 11.4. The van der Waals surface area contributed by atoms with Crippen LogP contribution in [0.4, 0.5) is 0 Å². The number of hydrogen-bond acceptors (Lipinski definition) is 3. The minimum Gasteiger partial charge on any atom is -0.338 e. The number of piperidine rings is 1. The summed E-state index contributed by atoms with van der Waals surface area (Å²) in [6, 6.07) is 2.04. The average Bonchev–Trinajstić information content (AvgIpc) is 2.95. The van der Waals surface area contributed by atoms with E-state index in [0.717, 1.165) is 43.4 Å². The van der Waals surface area contributed by atoms with Gasteiger partial charge in [-0.2, -0.15) is 0 Å². The zero-order chi connectivity index (χ0) is 12.7. The molecule has 2 unspecified atom stereocenters. The van der Waals surface area contributed by atoms with Crippen LogP contribution < -0.4 is 5.32 Å². The molecule has 3 rings (SSSR count). The van der Waals surface area contributed by atoms with Crippen molar-refractivity contribution in [2.24, 2.45) is 11.8 Å². The number of likely N-dealkylation sites (tertiary alicyclic amines) is 1. The molecule has 19 heavy (non-hydrogen) atoms. The van der Waals surface area contributed by atoms with Crippen molar-refractivity contribution in [3.63, 3.8) is 0 Å². The summed E-state index contributed by atoms with van der Waals surface area (Å²) in [6.07, 6.45) is 1.16. The lowest BCUT2D eigenvalue weighted by Gasteiger charge is -2.34. The van der Waals surface area contributed by atoms with E-state index in [1.54, 1.807) is 11.3 Å². The molecular formula is C14H21ClN2OS. The predicted molar refractivity (Wildman–Crippen MR) is 81.4 cm³/mol. The fourth-order valence-corrected chi connectivity index (χ4v) is 4.06. The molecule has 3 heterocycles. The van der Waals surface area contributed by atoms with Crippen molar-refractivity contribution in [1.29, 1.82) is 0 Å². The lowest BCUT2D eigenvalue weighted by molar-refractivity contribution is 0.0647. The highest BCUT2D eigenvalue weighted by Gasteiger charge is 2.34. The molecule has 1 aromatic heterocycles. The molecule has 106 valence electrons. The molecule has 0 spiro atoms. The highest BCUT2D eigenvalue weighted by atomic mass is 35.5. The van der Waals surface area contributed by atoms with E-state index in [4.69, 9.17) is 0 Å². The van der Waals surface area contributed by atoms with Crippen LogP contribution in [0.25, 0.3) is 0 Å². The predicted octanol–water partition coefficient (Wildman–Crippen LogP) is 2.47. The second-order valence-electron chi connectivity index (χ2n) is 5.57. The third-order valence-electron chi connectivity index (χ3n) is 4.37. The molecule has 2 aliphatic rings. The van der Waals surface area contributed by atoms with Crippen molar-refractivity contribution < 1.29 is 4.79 Å². The molecule has 2 saturated heterocycles. The maximum Gasteiger partial charge on any atom is 0.263 e. The van der Waals surface area contributed by atoms with Crippen molar-refractivity contribution in [1.82, 2.24) is 10.2 Å². The highest BCUT2D eigenvalue weighted by Crippen LogP contribution is 2.29. The number of carbonyl (C=O) groups excluding carboxylic acids is 1. The minimum absolute atomic E-state index is 0. The number of amides is 1. The van der Waals surface area contributed by atoms with Crippen molar-refractivity contribution in [3.8, 4) is 0 Å². The third kappa shape index (κ3) is 2.81. The first-order chi connectivity index (χ1) is 8.65. The Morgan fingerprint density at radius 1 is 1.37 bits per heavy atom. The number of nitrogens with zero attached hydrogens (tertiary/aromatic N) is 1. The molecule has 5 heteroatoms. The Kier molecular flexibility index (Phi) is 4.54. The lowest BCUT2D eigenvalue weighted by Crippen LogP contribution is -2.43. The molecule has 2 aliphatic heterocycles. The Labute approximate surface area is 124 Å². The second kappa shape index (κ2) is 5.81. The van der Waals surface area contributed by atoms with Crippen LogP contribution in [0.1, 0.15) is 26.5 Å². The monoisotopic (exact) mass is 300 g/mol. The fourth-order valence-electron chi connectivity index (χ4n) is 3.05. The maximum atomic E-state index is 12.5. The Balaban J connectivity index is 0.00000133. The Morgan fingerprint density at radius 3 is 2.79 bits per heavy atom. The van der Waals surface area contributed by atoms with Gasteiger partial charge in [-0.25, -0.2) is 0 Å². The van der Waals surface area contributed by atoms with Gasteiger partial charge in [-0.15, -0.1) is 23.7 Å². The number of carbonyl (C=O) groups is 1. The minimum atomic E-state index is 0. The largest absolute Gasteiger partial charge is 0.338 e. The topological polar surface area (TPSA) is 32.3 Å². The van der Waals surface area contributed by atoms with Gasteiger partial charge in [0.1, 0.15) is 0 Å². The standard InChI is InChI=1S/C14H20N2OS.ClH/c1-9-5-13(18-10(9)2)14(17)16-4-3-11-6-15-7-12(11)8-16;/h5,11-12,15H,3-4,6-8H2,1-2H3;1H. The van der Waals surface area contributed by atoms with Gasteiger partial charge >= 0.3 is 0 Å². The van der Waals surface area contributed by atoms with Gasteiger partial charge in [-0.3, -0.25) is 4.79 Å². The summed E-state index contributed by atoms with van der Waals surface area (Å²) < 4.78 is 0. The number of rotatable bonds is 1. The quantitative estimate of drug-likeness (QED) is 0.864. The van der Waals surface area contributed by atoms with Crippen molar-refractivity contribution >= 4 is 29.7 Å². The van der Waals surface area contributed by atoms with Gasteiger partial charge in [0.05, 0.1) is 4.88 Å². The van der Waals surface area contributed by atoms with E-state index in [9.17, 15) is 4.79 Å². The first kappa shape index (κ1) is 14.8. The zero-order valence-corrected chi connectivity index (χ0v) is 13.1. The van der Waals surface area contributed by atoms with Crippen molar-refractivity contribution in [3.05, 3.63) is 21.4 Å². The summed E-state index contributed by atoms with van der Waals surface area (Å²) in [4.78, 5) is 16.7. The molecule has 0 bridgehead atoms. The molecule has 1 aromatic rings. The number of halogens is 1. The number of hydrogen-bond donors (Lipinski definition) is 1. The van der Waals surface area contributed by atoms with Gasteiger partial charge in [0.25, 0.3) is 5.91 Å². The third-order valence-corrected chi connectivity index (χ3v) is 5.51. The number of aryl methyl sites for hydroxylation is 2. The van der Waals surface area contributed by atoms with Crippen LogP contribution in [0, 0.1) is 25.7 Å². The number of nitrogens with one attached hydrogen (secondary N) is 1. The summed E-state index contributed by atoms with van der Waals surface area (Å²) in [5.74, 6) is 1.70. The summed E-state index contributed by atoms with van der Waals surface area (Å²) in [7, 11) is 0. The summed E-state index contributed by atoms with van der Waals surface area (Å²) >= 11 is 1.63. The Bertz CT molecular complexity index is 455. The molecule has 2 fully saturated rings. The second-order valence-corrected chi connectivity index (χ2v) is 6.82. The molecule has 0 radical (unpaired) electrons. The summed E-state index contributed by atoms with van der Waals surface area (Å²) in [5, 5.41) is 3.44. The van der Waals surface area contributed by atoms with Crippen LogP contribution in [0.15, 0.2) is 6.07 Å². The number of fused-ring (bicyclic) bond motifs is 1. The highest BCUT2D eigenvalue weighted by molar-refractivity contribution is 7.14. The normalized spacial score (nSPS) is 25.9. The van der Waals surface area contributed by atoms with Gasteiger partial charge in [0.2, 0.25) is 0 Å². The van der Waals surface area contributed by atoms with Gasteiger partial charge in [-0.05, 0) is 56.8 Å². The van der Waals surface area contributed by atoms with Crippen molar-refractivity contribution in [2.45, 2.75) is 20.3 Å². The van der Waals surface area contributed by atoms with Crippen LogP contribution >= 0.6 is 23.7 Å². The molecule has 1 amide bonds. The molecule has 0 saturated carbocycles. The molecule has 0 aromatic carbocycles. The van der Waals surface area contributed by atoms with E-state index < -0.39 is 0 Å². The average molecular weight is 301 g/mol. The van der Waals surface area contributed by atoms with Gasteiger partial charge in [-0.1, -0.05) is 0 Å². The first-order valence-corrected chi connectivity index (χ1v) is 7.54. The van der Waals surface area contributed by atoms with E-state index in [1.165, 1.54) is 10.4 Å². The van der Waals surface area contributed by atoms with Crippen LogP contribution in [0.2, 0.25) is 0 Å². The smallest absolute Gasteiger partial charge is 0.263 e. The van der Waals surface area contributed by atoms with E-state index in [-0.39, 0.29) is 18.3 Å². The van der Waals surface area contributed by atoms with Gasteiger partial charge < -0.3 is 10.2 Å². The van der Waals surface area contributed by atoms with Crippen LogP contribution in [-0.2, 0) is 0 Å². The Hall–Kier alpha value is -0.580. The molecule has 0 aliphatic carbocycles. The fraction of sp³-hybridized carbons (Fsp3) is 0.643. The maximum absolute atomic E-state index is 12.5. The molecular weight excluding hydrogens is 280 g/mol. The summed E-state index contributed by atoms with van der Waals surface area (Å²) in [6.45, 7) is 8.25. The van der Waals surface area contributed by atoms with E-state index in [2.05, 4.69) is 24.1 Å². The van der Waals surface area contributed by atoms with Crippen LogP contribution in [-0.4, -0.2) is 37.0 Å². The van der Waals surface area contributed by atoms with E-state index in [1.807, 2.05) is 6.07 Å². The number of thiophene rings is 1. The van der Waals surface area contributed by atoms with Crippen molar-refractivity contribution in [2.75, 3.05) is 26.2 Å². The molecule has 2 atom stereocenters. The van der Waals surface area contributed by atoms with E-state index in [0.29, 0.717) is 5.92 Å². The van der Waals surface area contributed by atoms with E-state index >= 15 is 0 Å².